The van der Waals surface area contributed by atoms with Crippen LogP contribution in [0.4, 0.5) is 4.79 Å². The smallest absolute Gasteiger partial charge is 0.288 e. The Labute approximate surface area is 178 Å². The summed E-state index contributed by atoms with van der Waals surface area (Å²) >= 11 is 0.901. The van der Waals surface area contributed by atoms with E-state index in [1.165, 1.54) is 14.2 Å². The molecule has 1 atom stereocenters. The van der Waals surface area contributed by atoms with E-state index in [1.54, 1.807) is 23.1 Å². The first-order valence-corrected chi connectivity index (χ1v) is 10.6. The quantitative estimate of drug-likeness (QED) is 0.765. The first-order valence-electron chi connectivity index (χ1n) is 9.73. The van der Waals surface area contributed by atoms with E-state index in [1.807, 2.05) is 0 Å². The zero-order valence-electron chi connectivity index (χ0n) is 16.8. The molecule has 1 spiro atoms. The number of carbonyl (C=O) groups is 4. The second-order valence-corrected chi connectivity index (χ2v) is 8.84. The molecule has 3 aliphatic rings. The van der Waals surface area contributed by atoms with E-state index < -0.39 is 10.9 Å². The van der Waals surface area contributed by atoms with Crippen molar-refractivity contribution in [1.29, 1.82) is 0 Å². The largest absolute Gasteiger partial charge is 0.497 e. The van der Waals surface area contributed by atoms with Crippen LogP contribution in [-0.2, 0) is 9.59 Å². The van der Waals surface area contributed by atoms with Gasteiger partial charge in [0.25, 0.3) is 11.1 Å². The molecule has 1 N–H and O–H groups in total. The van der Waals surface area contributed by atoms with E-state index in [0.29, 0.717) is 49.5 Å². The predicted molar refractivity (Wildman–Crippen MR) is 109 cm³/mol. The lowest BCUT2D eigenvalue weighted by atomic mass is 9.90. The van der Waals surface area contributed by atoms with Gasteiger partial charge in [-0.3, -0.25) is 24.1 Å². The number of likely N-dealkylation sites (tertiary alicyclic amines) is 1. The van der Waals surface area contributed by atoms with Crippen LogP contribution in [0.5, 0.6) is 11.5 Å². The van der Waals surface area contributed by atoms with Crippen molar-refractivity contribution in [2.75, 3.05) is 33.8 Å². The molecule has 0 saturated carbocycles. The summed E-state index contributed by atoms with van der Waals surface area (Å²) < 4.78 is 11.5. The SMILES string of the molecule is COc1ccc2c(c1)C(=O)NCC1(CCN(C(=O)C[C@H]3SC(=O)N(C)C3=O)CC1)O2. The van der Waals surface area contributed by atoms with Crippen LogP contribution in [0.2, 0.25) is 0 Å². The van der Waals surface area contributed by atoms with Gasteiger partial charge in [0.2, 0.25) is 11.8 Å². The zero-order valence-corrected chi connectivity index (χ0v) is 17.6. The number of benzene rings is 1. The molecular formula is C20H23N3O6S. The van der Waals surface area contributed by atoms with E-state index in [4.69, 9.17) is 9.47 Å². The number of ether oxygens (including phenoxy) is 2. The third-order valence-corrected chi connectivity index (χ3v) is 6.97. The second kappa shape index (κ2) is 7.82. The number of thioether (sulfide) groups is 1. The van der Waals surface area contributed by atoms with E-state index in [9.17, 15) is 19.2 Å². The number of carbonyl (C=O) groups excluding carboxylic acids is 4. The molecule has 4 amide bonds. The Kier molecular flexibility index (Phi) is 5.35. The Bertz CT molecular complexity index is 912. The number of imide groups is 1. The van der Waals surface area contributed by atoms with Crippen molar-refractivity contribution in [3.8, 4) is 11.5 Å². The molecule has 0 aliphatic carbocycles. The summed E-state index contributed by atoms with van der Waals surface area (Å²) in [6, 6.07) is 5.13. The number of nitrogens with one attached hydrogen (secondary N) is 1. The molecule has 0 unspecified atom stereocenters. The monoisotopic (exact) mass is 433 g/mol. The van der Waals surface area contributed by atoms with Crippen LogP contribution in [0.1, 0.15) is 29.6 Å². The normalized spacial score (nSPS) is 23.0. The van der Waals surface area contributed by atoms with Crippen molar-refractivity contribution in [1.82, 2.24) is 15.1 Å². The lowest BCUT2D eigenvalue weighted by molar-refractivity contribution is -0.137. The molecule has 9 nitrogen and oxygen atoms in total. The van der Waals surface area contributed by atoms with Gasteiger partial charge in [-0.1, -0.05) is 11.8 Å². The molecule has 2 saturated heterocycles. The van der Waals surface area contributed by atoms with Gasteiger partial charge in [0.15, 0.2) is 0 Å². The van der Waals surface area contributed by atoms with Gasteiger partial charge in [-0.25, -0.2) is 0 Å². The van der Waals surface area contributed by atoms with Crippen LogP contribution in [0, 0.1) is 0 Å². The third-order valence-electron chi connectivity index (χ3n) is 5.84. The Morgan fingerprint density at radius 3 is 2.67 bits per heavy atom. The molecule has 4 rings (SSSR count). The number of piperidine rings is 1. The number of hydrogen-bond donors (Lipinski definition) is 1. The van der Waals surface area contributed by atoms with Gasteiger partial charge in [-0.15, -0.1) is 0 Å². The van der Waals surface area contributed by atoms with Crippen molar-refractivity contribution in [3.63, 3.8) is 0 Å². The average Bonchev–Trinajstić information content (AvgIpc) is 2.91. The minimum absolute atomic E-state index is 0.00675. The molecule has 3 aliphatic heterocycles. The van der Waals surface area contributed by atoms with Crippen LogP contribution in [0.3, 0.4) is 0 Å². The molecule has 0 radical (unpaired) electrons. The van der Waals surface area contributed by atoms with Gasteiger partial charge in [0, 0.05) is 39.4 Å². The lowest BCUT2D eigenvalue weighted by Crippen LogP contribution is -2.54. The number of fused-ring (bicyclic) bond motifs is 1. The molecule has 0 aromatic heterocycles. The Morgan fingerprint density at radius 2 is 2.03 bits per heavy atom. The van der Waals surface area contributed by atoms with Gasteiger partial charge in [-0.05, 0) is 18.2 Å². The van der Waals surface area contributed by atoms with Crippen LogP contribution < -0.4 is 14.8 Å². The standard InChI is InChI=1S/C20H23N3O6S/c1-22-18(26)15(30-19(22)27)10-16(24)23-7-5-20(6-8-23)11-21-17(25)13-9-12(28-2)3-4-14(13)29-20/h3-4,9,15H,5-8,10-11H2,1-2H3,(H,21,25)/t15-/m1/s1. The fourth-order valence-electron chi connectivity index (χ4n) is 3.92. The summed E-state index contributed by atoms with van der Waals surface area (Å²) in [5.74, 6) is 0.382. The summed E-state index contributed by atoms with van der Waals surface area (Å²) in [6.07, 6.45) is 1.11. The minimum Gasteiger partial charge on any atom is -0.497 e. The maximum atomic E-state index is 12.7. The van der Waals surface area contributed by atoms with Gasteiger partial charge in [-0.2, -0.15) is 0 Å². The number of amides is 4. The van der Waals surface area contributed by atoms with Crippen LogP contribution >= 0.6 is 11.8 Å². The Balaban J connectivity index is 1.41. The molecule has 30 heavy (non-hydrogen) atoms. The van der Waals surface area contributed by atoms with Crippen molar-refractivity contribution in [3.05, 3.63) is 23.8 Å². The van der Waals surface area contributed by atoms with Crippen LogP contribution in [0.25, 0.3) is 0 Å². The number of hydrogen-bond acceptors (Lipinski definition) is 7. The minimum atomic E-state index is -0.652. The highest BCUT2D eigenvalue weighted by molar-refractivity contribution is 8.15. The fraction of sp³-hybridized carbons (Fsp3) is 0.500. The highest BCUT2D eigenvalue weighted by Crippen LogP contribution is 2.35. The van der Waals surface area contributed by atoms with Gasteiger partial charge >= 0.3 is 0 Å². The second-order valence-electron chi connectivity index (χ2n) is 7.68. The van der Waals surface area contributed by atoms with Crippen molar-refractivity contribution < 1.29 is 28.7 Å². The molecular weight excluding hydrogens is 410 g/mol. The first-order chi connectivity index (χ1) is 14.3. The Morgan fingerprint density at radius 1 is 1.30 bits per heavy atom. The maximum Gasteiger partial charge on any atom is 0.288 e. The lowest BCUT2D eigenvalue weighted by Gasteiger charge is -2.41. The van der Waals surface area contributed by atoms with Crippen molar-refractivity contribution in [2.24, 2.45) is 0 Å². The molecule has 0 bridgehead atoms. The van der Waals surface area contributed by atoms with Crippen molar-refractivity contribution >= 4 is 34.7 Å². The van der Waals surface area contributed by atoms with Gasteiger partial charge < -0.3 is 19.7 Å². The maximum absolute atomic E-state index is 12.7. The predicted octanol–water partition coefficient (Wildman–Crippen LogP) is 1.26. The highest BCUT2D eigenvalue weighted by Gasteiger charge is 2.43. The number of nitrogens with zero attached hydrogens (tertiary/aromatic N) is 2. The molecule has 3 heterocycles. The summed E-state index contributed by atoms with van der Waals surface area (Å²) in [5, 5.41) is 1.94. The van der Waals surface area contributed by atoms with E-state index in [2.05, 4.69) is 5.32 Å². The highest BCUT2D eigenvalue weighted by atomic mass is 32.2. The summed E-state index contributed by atoms with van der Waals surface area (Å²) in [5.41, 5.74) is -0.171. The summed E-state index contributed by atoms with van der Waals surface area (Å²) in [6.45, 7) is 1.26. The third kappa shape index (κ3) is 3.71. The average molecular weight is 433 g/mol. The van der Waals surface area contributed by atoms with E-state index in [-0.39, 0.29) is 29.4 Å². The number of rotatable bonds is 3. The van der Waals surface area contributed by atoms with E-state index in [0.717, 1.165) is 16.7 Å². The molecule has 1 aromatic rings. The molecule has 160 valence electrons. The molecule has 2 fully saturated rings. The fourth-order valence-corrected chi connectivity index (χ4v) is 4.90. The first kappa shape index (κ1) is 20.5. The zero-order chi connectivity index (χ0) is 21.5. The van der Waals surface area contributed by atoms with E-state index >= 15 is 0 Å². The number of methoxy groups -OCH3 is 1. The van der Waals surface area contributed by atoms with Gasteiger partial charge in [0.1, 0.15) is 22.4 Å². The summed E-state index contributed by atoms with van der Waals surface area (Å²) in [4.78, 5) is 51.6. The van der Waals surface area contributed by atoms with Crippen molar-refractivity contribution in [2.45, 2.75) is 30.1 Å². The van der Waals surface area contributed by atoms with Crippen LogP contribution in [0.15, 0.2) is 18.2 Å². The summed E-state index contributed by atoms with van der Waals surface area (Å²) in [7, 11) is 2.97. The molecule has 1 aromatic carbocycles. The van der Waals surface area contributed by atoms with Gasteiger partial charge in [0.05, 0.1) is 19.2 Å². The topological polar surface area (TPSA) is 105 Å². The Hall–Kier alpha value is -2.75. The van der Waals surface area contributed by atoms with Crippen LogP contribution in [-0.4, -0.2) is 77.4 Å². The molecule has 10 heteroatoms.